The average Bonchev–Trinajstić information content (AvgIpc) is 3.19. The van der Waals surface area contributed by atoms with E-state index in [1.54, 1.807) is 60.7 Å². The van der Waals surface area contributed by atoms with Gasteiger partial charge in [0.1, 0.15) is 5.25 Å². The number of aryl methyl sites for hydroxylation is 1. The van der Waals surface area contributed by atoms with E-state index in [1.165, 1.54) is 4.31 Å². The van der Waals surface area contributed by atoms with Crippen molar-refractivity contribution >= 4 is 19.9 Å². The third-order valence-corrected chi connectivity index (χ3v) is 9.76. The first-order valence-corrected chi connectivity index (χ1v) is 13.1. The van der Waals surface area contributed by atoms with Gasteiger partial charge < -0.3 is 0 Å². The normalized spacial score (nSPS) is 23.2. The van der Waals surface area contributed by atoms with Crippen LogP contribution in [0, 0.1) is 6.92 Å². The molecular weight excluding hydrogens is 418 g/mol. The lowest BCUT2D eigenvalue weighted by molar-refractivity contribution is 0.396. The number of sulfonamides is 1. The highest BCUT2D eigenvalue weighted by Gasteiger charge is 2.43. The number of nitrogens with zero attached hydrogens (tertiary/aromatic N) is 1. The Kier molecular flexibility index (Phi) is 5.59. The van der Waals surface area contributed by atoms with E-state index in [0.717, 1.165) is 5.56 Å². The molecule has 5 nitrogen and oxygen atoms in total. The standard InChI is InChI=1S/C23H25NO4S2/c1-18-12-15-21(16-13-18)30(27,28)24-19-8-4-2-7-11-23(22(24)17-14-19)29(25,26)20-9-5-3-6-10-20/h2-6,9-10,12-13,15-17,19,23H,7-8,11,14H2,1H3/b4-2-/t19-,23-/m0/s1. The SMILES string of the molecule is Cc1ccc(S(=O)(=O)N2C3=CC[C@@H]2C/C=C\CC[C@@H]3S(=O)(=O)c2ccccc2)cc1. The van der Waals surface area contributed by atoms with Crippen LogP contribution in [0.3, 0.4) is 0 Å². The number of benzene rings is 2. The molecule has 2 aromatic carbocycles. The lowest BCUT2D eigenvalue weighted by atomic mass is 10.1. The molecule has 2 bridgehead atoms. The van der Waals surface area contributed by atoms with Crippen LogP contribution >= 0.6 is 0 Å². The Balaban J connectivity index is 1.82. The van der Waals surface area contributed by atoms with Crippen LogP contribution in [0.4, 0.5) is 0 Å². The zero-order valence-electron chi connectivity index (χ0n) is 16.8. The fourth-order valence-electron chi connectivity index (χ4n) is 4.13. The predicted molar refractivity (Wildman–Crippen MR) is 117 cm³/mol. The number of rotatable bonds is 4. The van der Waals surface area contributed by atoms with Gasteiger partial charge in [-0.3, -0.25) is 4.31 Å². The van der Waals surface area contributed by atoms with Gasteiger partial charge in [-0.2, -0.15) is 0 Å². The Bertz CT molecular complexity index is 1180. The molecule has 0 unspecified atom stereocenters. The summed E-state index contributed by atoms with van der Waals surface area (Å²) in [6.07, 6.45) is 7.73. The van der Waals surface area contributed by atoms with Gasteiger partial charge in [0.15, 0.2) is 9.84 Å². The van der Waals surface area contributed by atoms with Crippen molar-refractivity contribution in [3.05, 3.63) is 84.1 Å². The van der Waals surface area contributed by atoms with Crippen LogP contribution in [-0.4, -0.2) is 32.4 Å². The van der Waals surface area contributed by atoms with E-state index in [0.29, 0.717) is 31.4 Å². The second-order valence-corrected chi connectivity index (χ2v) is 11.7. The van der Waals surface area contributed by atoms with Gasteiger partial charge in [-0.15, -0.1) is 0 Å². The highest BCUT2D eigenvalue weighted by Crippen LogP contribution is 2.39. The first-order chi connectivity index (χ1) is 14.3. The Hall–Kier alpha value is -2.38. The van der Waals surface area contributed by atoms with Gasteiger partial charge in [-0.25, -0.2) is 16.8 Å². The summed E-state index contributed by atoms with van der Waals surface area (Å²) in [5, 5.41) is -0.909. The first kappa shape index (κ1) is 20.9. The number of hydrogen-bond donors (Lipinski definition) is 0. The Morgan fingerprint density at radius 2 is 1.53 bits per heavy atom. The molecule has 0 saturated carbocycles. The van der Waals surface area contributed by atoms with Crippen molar-refractivity contribution in [2.45, 2.75) is 53.7 Å². The number of hydrogen-bond acceptors (Lipinski definition) is 4. The lowest BCUT2D eigenvalue weighted by Gasteiger charge is -2.32. The zero-order chi connectivity index (χ0) is 21.4. The summed E-state index contributed by atoms with van der Waals surface area (Å²) in [6.45, 7) is 1.90. The molecule has 0 fully saturated rings. The van der Waals surface area contributed by atoms with E-state index in [4.69, 9.17) is 0 Å². The smallest absolute Gasteiger partial charge is 0.264 e. The van der Waals surface area contributed by atoms with Gasteiger partial charge in [0.05, 0.1) is 15.8 Å². The van der Waals surface area contributed by atoms with Gasteiger partial charge >= 0.3 is 0 Å². The van der Waals surface area contributed by atoms with Gasteiger partial charge in [0, 0.05) is 5.70 Å². The lowest BCUT2D eigenvalue weighted by Crippen LogP contribution is -2.40. The minimum Gasteiger partial charge on any atom is -0.265 e. The second-order valence-electron chi connectivity index (χ2n) is 7.76. The number of fused-ring (bicyclic) bond motifs is 2. The molecule has 0 N–H and O–H groups in total. The van der Waals surface area contributed by atoms with Crippen LogP contribution in [0.25, 0.3) is 0 Å². The monoisotopic (exact) mass is 443 g/mol. The molecule has 2 aromatic rings. The quantitative estimate of drug-likeness (QED) is 0.663. The van der Waals surface area contributed by atoms with E-state index in [2.05, 4.69) is 0 Å². The summed E-state index contributed by atoms with van der Waals surface area (Å²) in [4.78, 5) is 0.403. The summed E-state index contributed by atoms with van der Waals surface area (Å²) in [6, 6.07) is 14.7. The van der Waals surface area contributed by atoms with Crippen molar-refractivity contribution < 1.29 is 16.8 Å². The van der Waals surface area contributed by atoms with Crippen molar-refractivity contribution in [2.24, 2.45) is 0 Å². The highest BCUT2D eigenvalue weighted by molar-refractivity contribution is 7.92. The molecule has 0 spiro atoms. The summed E-state index contributed by atoms with van der Waals surface area (Å²) < 4.78 is 55.6. The van der Waals surface area contributed by atoms with E-state index in [-0.39, 0.29) is 15.8 Å². The molecule has 2 aliphatic heterocycles. The van der Waals surface area contributed by atoms with E-state index >= 15 is 0 Å². The summed E-state index contributed by atoms with van der Waals surface area (Å²) in [7, 11) is -7.62. The van der Waals surface area contributed by atoms with Gasteiger partial charge in [0.25, 0.3) is 10.0 Å². The zero-order valence-corrected chi connectivity index (χ0v) is 18.4. The van der Waals surface area contributed by atoms with E-state index < -0.39 is 25.1 Å². The molecule has 4 rings (SSSR count). The average molecular weight is 444 g/mol. The van der Waals surface area contributed by atoms with Crippen LogP contribution in [0.5, 0.6) is 0 Å². The molecule has 7 heteroatoms. The third-order valence-electron chi connectivity index (χ3n) is 5.71. The van der Waals surface area contributed by atoms with Gasteiger partial charge in [-0.1, -0.05) is 54.1 Å². The Morgan fingerprint density at radius 3 is 2.23 bits per heavy atom. The fraction of sp³-hybridized carbons (Fsp3) is 0.304. The molecule has 0 saturated heterocycles. The number of sulfone groups is 1. The van der Waals surface area contributed by atoms with Crippen molar-refractivity contribution in [3.8, 4) is 0 Å². The maximum absolute atomic E-state index is 13.6. The van der Waals surface area contributed by atoms with E-state index in [9.17, 15) is 16.8 Å². The maximum Gasteiger partial charge on any atom is 0.264 e. The first-order valence-electron chi connectivity index (χ1n) is 10.1. The van der Waals surface area contributed by atoms with Crippen LogP contribution in [0.2, 0.25) is 0 Å². The van der Waals surface area contributed by atoms with Crippen molar-refractivity contribution in [2.75, 3.05) is 0 Å². The van der Waals surface area contributed by atoms with Crippen LogP contribution in [-0.2, 0) is 19.9 Å². The Morgan fingerprint density at radius 1 is 0.833 bits per heavy atom. The molecule has 158 valence electrons. The number of allylic oxidation sites excluding steroid dienone is 1. The van der Waals surface area contributed by atoms with Crippen molar-refractivity contribution in [3.63, 3.8) is 0 Å². The summed E-state index contributed by atoms with van der Waals surface area (Å²) in [5.41, 5.74) is 1.35. The fourth-order valence-corrected chi connectivity index (χ4v) is 7.79. The van der Waals surface area contributed by atoms with Gasteiger partial charge in [0.2, 0.25) is 0 Å². The molecule has 0 aromatic heterocycles. The second kappa shape index (κ2) is 8.04. The maximum atomic E-state index is 13.6. The van der Waals surface area contributed by atoms with Crippen molar-refractivity contribution in [1.82, 2.24) is 4.31 Å². The van der Waals surface area contributed by atoms with Crippen LogP contribution in [0.15, 0.2) is 88.3 Å². The molecular formula is C23H25NO4S2. The minimum absolute atomic E-state index is 0.185. The third kappa shape index (κ3) is 3.72. The molecule has 0 aliphatic carbocycles. The van der Waals surface area contributed by atoms with Crippen LogP contribution < -0.4 is 0 Å². The molecule has 30 heavy (non-hydrogen) atoms. The predicted octanol–water partition coefficient (Wildman–Crippen LogP) is 4.22. The molecule has 0 amide bonds. The highest BCUT2D eigenvalue weighted by atomic mass is 32.2. The topological polar surface area (TPSA) is 71.5 Å². The van der Waals surface area contributed by atoms with Crippen LogP contribution in [0.1, 0.15) is 31.2 Å². The van der Waals surface area contributed by atoms with E-state index in [1.807, 2.05) is 19.1 Å². The Labute approximate surface area is 178 Å². The molecule has 2 atom stereocenters. The summed E-state index contributed by atoms with van der Waals surface area (Å²) >= 11 is 0. The molecule has 2 heterocycles. The largest absolute Gasteiger partial charge is 0.265 e. The van der Waals surface area contributed by atoms with Crippen molar-refractivity contribution in [1.29, 1.82) is 0 Å². The minimum atomic E-state index is -3.88. The molecule has 2 aliphatic rings. The summed E-state index contributed by atoms with van der Waals surface area (Å²) in [5.74, 6) is 0. The van der Waals surface area contributed by atoms with Gasteiger partial charge in [-0.05, 0) is 56.9 Å². The molecule has 0 radical (unpaired) electrons.